The van der Waals surface area contributed by atoms with E-state index in [2.05, 4.69) is 20.6 Å². The van der Waals surface area contributed by atoms with Crippen LogP contribution in [0.15, 0.2) is 35.0 Å². The van der Waals surface area contributed by atoms with Crippen LogP contribution in [-0.4, -0.2) is 21.1 Å². The second-order valence-electron chi connectivity index (χ2n) is 6.86. The summed E-state index contributed by atoms with van der Waals surface area (Å²) in [6.45, 7) is 1.82. The van der Waals surface area contributed by atoms with Crippen LogP contribution in [0.3, 0.4) is 0 Å². The number of anilines is 3. The molecule has 0 unspecified atom stereocenters. The summed E-state index contributed by atoms with van der Waals surface area (Å²) in [5.41, 5.74) is 3.06. The number of hydrogen-bond acceptors (Lipinski definition) is 6. The number of furan rings is 1. The Balaban J connectivity index is 1.80. The lowest BCUT2D eigenvalue weighted by Crippen LogP contribution is -2.22. The summed E-state index contributed by atoms with van der Waals surface area (Å²) in [5, 5.41) is 17.6. The molecule has 3 aromatic rings. The summed E-state index contributed by atoms with van der Waals surface area (Å²) in [7, 11) is 0. The summed E-state index contributed by atoms with van der Waals surface area (Å²) < 4.78 is 6.17. The van der Waals surface area contributed by atoms with Gasteiger partial charge in [-0.05, 0) is 31.9 Å². The van der Waals surface area contributed by atoms with Gasteiger partial charge >= 0.3 is 0 Å². The quantitative estimate of drug-likeness (QED) is 0.626. The van der Waals surface area contributed by atoms with E-state index in [-0.39, 0.29) is 6.61 Å². The molecule has 0 bridgehead atoms. The third-order valence-corrected chi connectivity index (χ3v) is 5.00. The number of aliphatic hydroxyl groups is 1. The molecule has 26 heavy (non-hydrogen) atoms. The van der Waals surface area contributed by atoms with Crippen molar-refractivity contribution in [1.82, 2.24) is 9.97 Å². The van der Waals surface area contributed by atoms with E-state index < -0.39 is 0 Å². The molecule has 1 aliphatic carbocycles. The van der Waals surface area contributed by atoms with Gasteiger partial charge in [-0.3, -0.25) is 4.98 Å². The third kappa shape index (κ3) is 3.24. The molecule has 1 saturated carbocycles. The van der Waals surface area contributed by atoms with E-state index in [0.29, 0.717) is 17.5 Å². The molecule has 1 fully saturated rings. The smallest absolute Gasteiger partial charge is 0.218 e. The minimum atomic E-state index is -0.0942. The first-order valence-electron chi connectivity index (χ1n) is 9.22. The van der Waals surface area contributed by atoms with Gasteiger partial charge in [-0.2, -0.15) is 0 Å². The molecular weight excluding hydrogens is 328 g/mol. The zero-order valence-corrected chi connectivity index (χ0v) is 15.0. The highest BCUT2D eigenvalue weighted by molar-refractivity contribution is 6.01. The molecule has 136 valence electrons. The molecule has 3 N–H and O–H groups in total. The maximum atomic E-state index is 9.80. The molecule has 0 amide bonds. The highest BCUT2D eigenvalue weighted by Crippen LogP contribution is 2.40. The molecule has 0 radical (unpaired) electrons. The van der Waals surface area contributed by atoms with Gasteiger partial charge in [0.15, 0.2) is 5.58 Å². The van der Waals surface area contributed by atoms with Gasteiger partial charge < -0.3 is 20.2 Å². The van der Waals surface area contributed by atoms with Gasteiger partial charge in [-0.1, -0.05) is 25.3 Å². The summed E-state index contributed by atoms with van der Waals surface area (Å²) in [5.74, 6) is 1.43. The van der Waals surface area contributed by atoms with Crippen molar-refractivity contribution >= 4 is 28.4 Å². The van der Waals surface area contributed by atoms with E-state index >= 15 is 0 Å². The van der Waals surface area contributed by atoms with E-state index in [4.69, 9.17) is 4.42 Å². The summed E-state index contributed by atoms with van der Waals surface area (Å²) in [6, 6.07) is 6.13. The molecule has 6 nitrogen and oxygen atoms in total. The Bertz CT molecular complexity index is 886. The lowest BCUT2D eigenvalue weighted by atomic mass is 9.95. The standard InChI is InChI=1S/C20H24N4O2/c1-13-19-17(14(12-25)11-22-13)18(24-16-9-5-6-10-21-16)20(26-19)23-15-7-3-2-4-8-15/h5-6,9-11,15,23,25H,2-4,7-8,12H2,1H3,(H,21,24). The molecule has 6 heteroatoms. The van der Waals surface area contributed by atoms with E-state index in [1.807, 2.05) is 25.1 Å². The topological polar surface area (TPSA) is 83.2 Å². The average molecular weight is 352 g/mol. The van der Waals surface area contributed by atoms with Crippen molar-refractivity contribution in [2.45, 2.75) is 51.7 Å². The van der Waals surface area contributed by atoms with Crippen molar-refractivity contribution in [1.29, 1.82) is 0 Å². The van der Waals surface area contributed by atoms with Crippen LogP contribution in [0.2, 0.25) is 0 Å². The van der Waals surface area contributed by atoms with Gasteiger partial charge in [-0.25, -0.2) is 4.98 Å². The number of aromatic nitrogens is 2. The van der Waals surface area contributed by atoms with Crippen LogP contribution in [0.5, 0.6) is 0 Å². The normalized spacial score (nSPS) is 15.3. The first-order chi connectivity index (χ1) is 12.8. The van der Waals surface area contributed by atoms with Gasteiger partial charge in [0, 0.05) is 24.0 Å². The Hall–Kier alpha value is -2.60. The van der Waals surface area contributed by atoms with Crippen LogP contribution >= 0.6 is 0 Å². The van der Waals surface area contributed by atoms with Crippen LogP contribution < -0.4 is 10.6 Å². The Morgan fingerprint density at radius 2 is 2.04 bits per heavy atom. The van der Waals surface area contributed by atoms with Crippen LogP contribution in [-0.2, 0) is 6.61 Å². The van der Waals surface area contributed by atoms with Gasteiger partial charge in [0.25, 0.3) is 0 Å². The molecule has 3 aromatic heterocycles. The lowest BCUT2D eigenvalue weighted by molar-refractivity contribution is 0.283. The Kier molecular flexibility index (Phi) is 4.75. The van der Waals surface area contributed by atoms with Crippen LogP contribution in [0, 0.1) is 6.92 Å². The highest BCUT2D eigenvalue weighted by atomic mass is 16.4. The Morgan fingerprint density at radius 1 is 1.19 bits per heavy atom. The first-order valence-corrected chi connectivity index (χ1v) is 9.22. The van der Waals surface area contributed by atoms with Gasteiger partial charge in [-0.15, -0.1) is 0 Å². The fourth-order valence-corrected chi connectivity index (χ4v) is 3.63. The number of aryl methyl sites for hydroxylation is 1. The van der Waals surface area contributed by atoms with E-state index in [0.717, 1.165) is 41.0 Å². The number of rotatable bonds is 5. The van der Waals surface area contributed by atoms with Crippen molar-refractivity contribution in [2.75, 3.05) is 10.6 Å². The monoisotopic (exact) mass is 352 g/mol. The predicted molar refractivity (Wildman–Crippen MR) is 103 cm³/mol. The predicted octanol–water partition coefficient (Wildman–Crippen LogP) is 4.51. The van der Waals surface area contributed by atoms with Crippen molar-refractivity contribution in [3.8, 4) is 0 Å². The Labute approximate surface area is 152 Å². The minimum absolute atomic E-state index is 0.0942. The van der Waals surface area contributed by atoms with Crippen molar-refractivity contribution < 1.29 is 9.52 Å². The molecular formula is C20H24N4O2. The molecule has 4 rings (SSSR count). The molecule has 0 saturated heterocycles. The number of hydrogen-bond donors (Lipinski definition) is 3. The number of aliphatic hydroxyl groups excluding tert-OH is 1. The second-order valence-corrected chi connectivity index (χ2v) is 6.86. The summed E-state index contributed by atoms with van der Waals surface area (Å²) in [4.78, 5) is 8.73. The minimum Gasteiger partial charge on any atom is -0.436 e. The van der Waals surface area contributed by atoms with Crippen LogP contribution in [0.4, 0.5) is 17.4 Å². The van der Waals surface area contributed by atoms with Crippen LogP contribution in [0.25, 0.3) is 11.0 Å². The largest absolute Gasteiger partial charge is 0.436 e. The Morgan fingerprint density at radius 3 is 2.77 bits per heavy atom. The highest BCUT2D eigenvalue weighted by Gasteiger charge is 2.23. The van der Waals surface area contributed by atoms with E-state index in [1.54, 1.807) is 12.4 Å². The summed E-state index contributed by atoms with van der Waals surface area (Å²) >= 11 is 0. The average Bonchev–Trinajstić information content (AvgIpc) is 3.03. The van der Waals surface area contributed by atoms with Crippen molar-refractivity contribution in [2.24, 2.45) is 0 Å². The second kappa shape index (κ2) is 7.33. The molecule has 0 aromatic carbocycles. The molecule has 0 atom stereocenters. The SMILES string of the molecule is Cc1ncc(CO)c2c(Nc3ccccn3)c(NC3CCCCC3)oc12. The zero-order chi connectivity index (χ0) is 17.9. The van der Waals surface area contributed by atoms with Crippen molar-refractivity contribution in [3.63, 3.8) is 0 Å². The fourth-order valence-electron chi connectivity index (χ4n) is 3.63. The van der Waals surface area contributed by atoms with Gasteiger partial charge in [0.2, 0.25) is 5.88 Å². The molecule has 0 aliphatic heterocycles. The maximum absolute atomic E-state index is 9.80. The molecule has 3 heterocycles. The number of nitrogens with zero attached hydrogens (tertiary/aromatic N) is 2. The fraction of sp³-hybridized carbons (Fsp3) is 0.400. The third-order valence-electron chi connectivity index (χ3n) is 5.00. The van der Waals surface area contributed by atoms with Crippen molar-refractivity contribution in [3.05, 3.63) is 41.9 Å². The number of pyridine rings is 2. The summed E-state index contributed by atoms with van der Waals surface area (Å²) in [6.07, 6.45) is 9.52. The van der Waals surface area contributed by atoms with E-state index in [1.165, 1.54) is 19.3 Å². The van der Waals surface area contributed by atoms with E-state index in [9.17, 15) is 5.11 Å². The van der Waals surface area contributed by atoms with Gasteiger partial charge in [0.05, 0.1) is 17.7 Å². The first kappa shape index (κ1) is 16.8. The molecule has 0 spiro atoms. The molecule has 1 aliphatic rings. The zero-order valence-electron chi connectivity index (χ0n) is 15.0. The number of nitrogens with one attached hydrogen (secondary N) is 2. The number of fused-ring (bicyclic) bond motifs is 1. The lowest BCUT2D eigenvalue weighted by Gasteiger charge is -2.23. The van der Waals surface area contributed by atoms with Crippen LogP contribution in [0.1, 0.15) is 43.4 Å². The van der Waals surface area contributed by atoms with Gasteiger partial charge in [0.1, 0.15) is 11.5 Å². The maximum Gasteiger partial charge on any atom is 0.218 e.